The molecule has 5 rings (SSSR count). The second-order valence-corrected chi connectivity index (χ2v) is 11.4. The third-order valence-electron chi connectivity index (χ3n) is 8.45. The number of carbonyl (C=O) groups excluding carboxylic acids is 3. The number of benzene rings is 2. The van der Waals surface area contributed by atoms with Gasteiger partial charge in [-0.05, 0) is 80.3 Å². The molecule has 1 aliphatic carbocycles. The second kappa shape index (κ2) is 12.9. The minimum atomic E-state index is -0.478. The summed E-state index contributed by atoms with van der Waals surface area (Å²) in [5, 5.41) is 2.69. The Morgan fingerprint density at radius 3 is 2.56 bits per heavy atom. The Hall–Kier alpha value is -3.59. The molecule has 0 radical (unpaired) electrons. The molecule has 9 heteroatoms. The maximum Gasteiger partial charge on any atom is 0.415 e. The number of esters is 1. The van der Waals surface area contributed by atoms with Crippen LogP contribution < -0.4 is 15.0 Å². The van der Waals surface area contributed by atoms with E-state index in [0.29, 0.717) is 31.2 Å². The van der Waals surface area contributed by atoms with E-state index in [9.17, 15) is 14.4 Å². The summed E-state index contributed by atoms with van der Waals surface area (Å²) < 4.78 is 17.0. The summed E-state index contributed by atoms with van der Waals surface area (Å²) in [6.07, 6.45) is 7.03. The third-order valence-corrected chi connectivity index (χ3v) is 8.45. The smallest absolute Gasteiger partial charge is 0.415 e. The van der Waals surface area contributed by atoms with Crippen LogP contribution in [0.5, 0.6) is 5.75 Å². The van der Waals surface area contributed by atoms with Gasteiger partial charge in [0.2, 0.25) is 6.41 Å². The number of likely N-dealkylation sites (tertiary alicyclic amines) is 1. The van der Waals surface area contributed by atoms with E-state index in [4.69, 9.17) is 14.2 Å². The maximum absolute atomic E-state index is 12.9. The van der Waals surface area contributed by atoms with Crippen molar-refractivity contribution in [1.29, 1.82) is 0 Å². The maximum atomic E-state index is 12.9. The predicted molar refractivity (Wildman–Crippen MR) is 155 cm³/mol. The molecule has 2 amide bonds. The predicted octanol–water partition coefficient (Wildman–Crippen LogP) is 4.81. The van der Waals surface area contributed by atoms with Crippen LogP contribution in [0, 0.1) is 0 Å². The van der Waals surface area contributed by atoms with Crippen LogP contribution in [0.4, 0.5) is 10.5 Å². The number of piperidine rings is 1. The topological polar surface area (TPSA) is 97.4 Å². The summed E-state index contributed by atoms with van der Waals surface area (Å²) >= 11 is 0. The molecule has 1 saturated carbocycles. The lowest BCUT2D eigenvalue weighted by molar-refractivity contribution is -0.109. The van der Waals surface area contributed by atoms with Gasteiger partial charge < -0.3 is 19.5 Å². The monoisotopic (exact) mass is 563 g/mol. The molecule has 9 nitrogen and oxygen atoms in total. The highest BCUT2D eigenvalue weighted by atomic mass is 16.6. The van der Waals surface area contributed by atoms with Gasteiger partial charge in [-0.3, -0.25) is 14.6 Å². The van der Waals surface area contributed by atoms with E-state index in [2.05, 4.69) is 28.4 Å². The molecule has 2 heterocycles. The normalized spacial score (nSPS) is 18.3. The zero-order valence-electron chi connectivity index (χ0n) is 24.2. The fourth-order valence-corrected chi connectivity index (χ4v) is 5.98. The first-order valence-electron chi connectivity index (χ1n) is 14.8. The first kappa shape index (κ1) is 28.9. The highest BCUT2D eigenvalue weighted by molar-refractivity contribution is 5.92. The molecule has 3 aliphatic rings. The highest BCUT2D eigenvalue weighted by Crippen LogP contribution is 2.44. The van der Waals surface area contributed by atoms with Gasteiger partial charge in [0.25, 0.3) is 0 Å². The molecule has 2 aliphatic heterocycles. The van der Waals surface area contributed by atoms with Gasteiger partial charge in [-0.2, -0.15) is 0 Å². The molecule has 2 saturated heterocycles. The summed E-state index contributed by atoms with van der Waals surface area (Å²) in [5.74, 6) is 0.828. The quantitative estimate of drug-likeness (QED) is 0.212. The Morgan fingerprint density at radius 2 is 1.90 bits per heavy atom. The molecule has 1 N–H and O–H groups in total. The largest absolute Gasteiger partial charge is 0.494 e. The second-order valence-electron chi connectivity index (χ2n) is 11.4. The third kappa shape index (κ3) is 6.84. The lowest BCUT2D eigenvalue weighted by Gasteiger charge is -2.37. The van der Waals surface area contributed by atoms with Gasteiger partial charge in [0.15, 0.2) is 0 Å². The average Bonchev–Trinajstić information content (AvgIpc) is 3.78. The number of hydrogen-bond donors (Lipinski definition) is 1. The summed E-state index contributed by atoms with van der Waals surface area (Å²) in [4.78, 5) is 39.9. The van der Waals surface area contributed by atoms with Crippen LogP contribution in [0.25, 0.3) is 0 Å². The van der Waals surface area contributed by atoms with Crippen LogP contribution in [0.3, 0.4) is 0 Å². The summed E-state index contributed by atoms with van der Waals surface area (Å²) in [6.45, 7) is 6.05. The van der Waals surface area contributed by atoms with Crippen LogP contribution in [0.1, 0.15) is 78.4 Å². The van der Waals surface area contributed by atoms with Crippen molar-refractivity contribution in [1.82, 2.24) is 10.2 Å². The van der Waals surface area contributed by atoms with Crippen molar-refractivity contribution < 1.29 is 28.6 Å². The van der Waals surface area contributed by atoms with E-state index in [1.165, 1.54) is 12.7 Å². The van der Waals surface area contributed by atoms with Crippen LogP contribution in [0.15, 0.2) is 36.4 Å². The molecule has 3 fully saturated rings. The molecule has 2 aromatic carbocycles. The first-order valence-corrected chi connectivity index (χ1v) is 14.8. The molecular formula is C32H41N3O6. The van der Waals surface area contributed by atoms with Crippen LogP contribution in [-0.2, 0) is 27.2 Å². The average molecular weight is 564 g/mol. The fraction of sp³-hybridized carbons (Fsp3) is 0.531. The number of ether oxygens (including phenoxy) is 3. The summed E-state index contributed by atoms with van der Waals surface area (Å²) in [5.41, 5.74) is 4.35. The number of unbranched alkanes of at least 4 members (excludes halogenated alkanes) is 1. The molecule has 0 bridgehead atoms. The molecule has 1 spiro atoms. The Bertz CT molecular complexity index is 1230. The van der Waals surface area contributed by atoms with E-state index < -0.39 is 5.60 Å². The molecule has 2 aromatic rings. The SMILES string of the molecule is CCOc1cc(C(=O)OC)c(C2CC2)cc1CN1CCC2(CC1)CN(c1ccc(CCCCNC=O)cc1)C(=O)O2. The van der Waals surface area contributed by atoms with E-state index in [1.54, 1.807) is 4.90 Å². The summed E-state index contributed by atoms with van der Waals surface area (Å²) in [7, 11) is 1.42. The van der Waals surface area contributed by atoms with E-state index in [-0.39, 0.29) is 12.1 Å². The number of carbonyl (C=O) groups is 3. The summed E-state index contributed by atoms with van der Waals surface area (Å²) in [6, 6.07) is 12.1. The zero-order valence-corrected chi connectivity index (χ0v) is 24.2. The molecule has 0 unspecified atom stereocenters. The fourth-order valence-electron chi connectivity index (χ4n) is 5.98. The van der Waals surface area contributed by atoms with Gasteiger partial charge >= 0.3 is 12.1 Å². The number of aryl methyl sites for hydroxylation is 1. The lowest BCUT2D eigenvalue weighted by atomic mass is 9.90. The van der Waals surface area contributed by atoms with Crippen molar-refractivity contribution in [2.24, 2.45) is 0 Å². The number of hydrogen-bond acceptors (Lipinski definition) is 7. The van der Waals surface area contributed by atoms with E-state index in [0.717, 1.165) is 93.6 Å². The Kier molecular flexibility index (Phi) is 9.12. The van der Waals surface area contributed by atoms with Gasteiger partial charge in [-0.1, -0.05) is 12.1 Å². The highest BCUT2D eigenvalue weighted by Gasteiger charge is 2.47. The number of nitrogens with zero attached hydrogens (tertiary/aromatic N) is 2. The minimum absolute atomic E-state index is 0.280. The van der Waals surface area contributed by atoms with Gasteiger partial charge in [-0.25, -0.2) is 9.59 Å². The van der Waals surface area contributed by atoms with Crippen molar-refractivity contribution >= 4 is 24.2 Å². The van der Waals surface area contributed by atoms with E-state index in [1.807, 2.05) is 25.1 Å². The van der Waals surface area contributed by atoms with Crippen LogP contribution in [-0.4, -0.2) is 68.9 Å². The molecule has 220 valence electrons. The Morgan fingerprint density at radius 1 is 1.15 bits per heavy atom. The van der Waals surface area contributed by atoms with Crippen molar-refractivity contribution in [2.45, 2.75) is 69.9 Å². The minimum Gasteiger partial charge on any atom is -0.494 e. The van der Waals surface area contributed by atoms with Crippen molar-refractivity contribution in [2.75, 3.05) is 44.8 Å². The molecule has 0 aromatic heterocycles. The van der Waals surface area contributed by atoms with Gasteiger partial charge in [-0.15, -0.1) is 0 Å². The van der Waals surface area contributed by atoms with Crippen molar-refractivity contribution in [3.8, 4) is 5.75 Å². The molecule has 41 heavy (non-hydrogen) atoms. The number of nitrogens with one attached hydrogen (secondary N) is 1. The number of rotatable bonds is 13. The van der Waals surface area contributed by atoms with E-state index >= 15 is 0 Å². The van der Waals surface area contributed by atoms with Crippen LogP contribution >= 0.6 is 0 Å². The lowest BCUT2D eigenvalue weighted by Crippen LogP contribution is -2.46. The molecule has 0 atom stereocenters. The zero-order chi connectivity index (χ0) is 28.8. The first-order chi connectivity index (χ1) is 19.9. The van der Waals surface area contributed by atoms with Crippen LogP contribution in [0.2, 0.25) is 0 Å². The van der Waals surface area contributed by atoms with Gasteiger partial charge in [0, 0.05) is 50.3 Å². The standard InChI is InChI=1S/C32H41N3O6/c1-3-40-29-19-28(30(37)39-2)27(24-9-10-24)18-25(29)20-34-16-13-32(14-17-34)21-35(31(38)41-32)26-11-7-23(8-12-26)6-4-5-15-33-22-36/h7-8,11-12,18-19,22,24H,3-6,9-10,13-17,20-21H2,1-2H3,(H,33,36). The van der Waals surface area contributed by atoms with Gasteiger partial charge in [0.05, 0.1) is 25.8 Å². The van der Waals surface area contributed by atoms with Crippen molar-refractivity contribution in [3.05, 3.63) is 58.7 Å². The number of amides is 2. The van der Waals surface area contributed by atoms with Gasteiger partial charge in [0.1, 0.15) is 11.4 Å². The Labute approximate surface area is 242 Å². The number of methoxy groups -OCH3 is 1. The Balaban J connectivity index is 1.19. The number of anilines is 1. The van der Waals surface area contributed by atoms with Crippen molar-refractivity contribution in [3.63, 3.8) is 0 Å². The molecular weight excluding hydrogens is 522 g/mol.